The second kappa shape index (κ2) is 8.56. The zero-order chi connectivity index (χ0) is 26.0. The van der Waals surface area contributed by atoms with E-state index in [-0.39, 0.29) is 5.41 Å². The van der Waals surface area contributed by atoms with Gasteiger partial charge >= 0.3 is 0 Å². The Morgan fingerprint density at radius 2 is 0.897 bits per heavy atom. The molecular weight excluding hydrogens is 538 g/mol. The van der Waals surface area contributed by atoms with Gasteiger partial charge in [0.05, 0.1) is 11.1 Å². The van der Waals surface area contributed by atoms with Crippen molar-refractivity contribution in [3.63, 3.8) is 0 Å². The maximum Gasteiger partial charge on any atom is 0.0726 e. The molecule has 2 heteroatoms. The average Bonchev–Trinajstić information content (AvgIpc) is 3.47. The number of hydrogen-bond acceptors (Lipinski definition) is 1. The minimum absolute atomic E-state index is 0.350. The first-order valence-electron chi connectivity index (χ1n) is 13.3. The van der Waals surface area contributed by atoms with Gasteiger partial charge in [-0.1, -0.05) is 119 Å². The van der Waals surface area contributed by atoms with Crippen molar-refractivity contribution in [1.29, 1.82) is 0 Å². The smallest absolute Gasteiger partial charge is 0.0726 e. The molecule has 6 aromatic rings. The van der Waals surface area contributed by atoms with E-state index in [0.29, 0.717) is 0 Å². The SMILES string of the molecule is Brc1ccc(N(c2ccccc2)c2cccc3c2-c2ccccc2C32c3ccccc3-c3ccccc32)cc1. The van der Waals surface area contributed by atoms with E-state index in [0.717, 1.165) is 15.8 Å². The van der Waals surface area contributed by atoms with Crippen molar-refractivity contribution in [2.45, 2.75) is 5.41 Å². The summed E-state index contributed by atoms with van der Waals surface area (Å²) in [4.78, 5) is 2.40. The highest BCUT2D eigenvalue weighted by Gasteiger charge is 2.52. The number of hydrogen-bond donors (Lipinski definition) is 0. The van der Waals surface area contributed by atoms with Gasteiger partial charge in [0.15, 0.2) is 0 Å². The highest BCUT2D eigenvalue weighted by molar-refractivity contribution is 9.10. The van der Waals surface area contributed by atoms with Crippen molar-refractivity contribution >= 4 is 33.0 Å². The molecule has 0 aliphatic heterocycles. The molecule has 1 nitrogen and oxygen atoms in total. The molecule has 0 radical (unpaired) electrons. The molecule has 2 aliphatic carbocycles. The zero-order valence-electron chi connectivity index (χ0n) is 21.2. The Kier molecular flexibility index (Phi) is 4.95. The number of anilines is 3. The van der Waals surface area contributed by atoms with Crippen LogP contribution >= 0.6 is 15.9 Å². The standard InChI is InChI=1S/C37H24BrN/c38-25-21-23-27(24-22-25)39(26-11-2-1-3-12-26)35-20-10-19-34-36(35)30-15-6-9-18-33(30)37(34)31-16-7-4-13-28(31)29-14-5-8-17-32(29)37/h1-24H. The summed E-state index contributed by atoms with van der Waals surface area (Å²) >= 11 is 3.63. The van der Waals surface area contributed by atoms with Gasteiger partial charge in [0.1, 0.15) is 0 Å². The predicted octanol–water partition coefficient (Wildman–Crippen LogP) is 10.3. The molecule has 0 aromatic heterocycles. The maximum atomic E-state index is 3.63. The molecular formula is C37H24BrN. The zero-order valence-corrected chi connectivity index (χ0v) is 22.8. The van der Waals surface area contributed by atoms with Crippen LogP contribution in [0.15, 0.2) is 150 Å². The van der Waals surface area contributed by atoms with Gasteiger partial charge in [-0.05, 0) is 81.4 Å². The Morgan fingerprint density at radius 1 is 0.410 bits per heavy atom. The molecule has 0 fully saturated rings. The van der Waals surface area contributed by atoms with E-state index in [1.807, 2.05) is 0 Å². The van der Waals surface area contributed by atoms with Crippen LogP contribution in [-0.2, 0) is 5.41 Å². The molecule has 2 aliphatic rings. The van der Waals surface area contributed by atoms with Gasteiger partial charge in [0, 0.05) is 21.4 Å². The fourth-order valence-corrected chi connectivity index (χ4v) is 7.17. The van der Waals surface area contributed by atoms with Gasteiger partial charge in [0.25, 0.3) is 0 Å². The summed E-state index contributed by atoms with van der Waals surface area (Å²) in [5.74, 6) is 0. The van der Waals surface area contributed by atoms with Crippen LogP contribution in [0.25, 0.3) is 22.3 Å². The largest absolute Gasteiger partial charge is 0.310 e. The maximum absolute atomic E-state index is 3.63. The molecule has 0 bridgehead atoms. The van der Waals surface area contributed by atoms with Crippen molar-refractivity contribution in [2.75, 3.05) is 4.90 Å². The first-order chi connectivity index (χ1) is 19.3. The number of fused-ring (bicyclic) bond motifs is 10. The number of benzene rings is 6. The van der Waals surface area contributed by atoms with Gasteiger partial charge in [-0.25, -0.2) is 0 Å². The summed E-state index contributed by atoms with van der Waals surface area (Å²) in [6.45, 7) is 0. The minimum atomic E-state index is -0.350. The summed E-state index contributed by atoms with van der Waals surface area (Å²) in [5.41, 5.74) is 13.8. The third kappa shape index (κ3) is 3.07. The molecule has 0 heterocycles. The van der Waals surface area contributed by atoms with Crippen LogP contribution in [0.4, 0.5) is 17.1 Å². The molecule has 0 saturated heterocycles. The molecule has 0 N–H and O–H groups in total. The fourth-order valence-electron chi connectivity index (χ4n) is 6.91. The van der Waals surface area contributed by atoms with E-state index >= 15 is 0 Å². The van der Waals surface area contributed by atoms with Crippen LogP contribution < -0.4 is 4.90 Å². The predicted molar refractivity (Wildman–Crippen MR) is 165 cm³/mol. The second-order valence-corrected chi connectivity index (χ2v) is 11.1. The van der Waals surface area contributed by atoms with Crippen LogP contribution in [0.5, 0.6) is 0 Å². The number of nitrogens with zero attached hydrogens (tertiary/aromatic N) is 1. The third-order valence-corrected chi connectivity index (χ3v) is 8.87. The van der Waals surface area contributed by atoms with Gasteiger partial charge in [-0.2, -0.15) is 0 Å². The van der Waals surface area contributed by atoms with E-state index in [2.05, 4.69) is 166 Å². The summed E-state index contributed by atoms with van der Waals surface area (Å²) in [7, 11) is 0. The number of para-hydroxylation sites is 1. The molecule has 8 rings (SSSR count). The van der Waals surface area contributed by atoms with Gasteiger partial charge in [0.2, 0.25) is 0 Å². The minimum Gasteiger partial charge on any atom is -0.310 e. The lowest BCUT2D eigenvalue weighted by Crippen LogP contribution is -2.26. The third-order valence-electron chi connectivity index (χ3n) is 8.34. The summed E-state index contributed by atoms with van der Waals surface area (Å²) in [6, 6.07) is 53.1. The number of halogens is 1. The van der Waals surface area contributed by atoms with Crippen molar-refractivity contribution in [3.05, 3.63) is 172 Å². The highest BCUT2D eigenvalue weighted by Crippen LogP contribution is 2.64. The molecule has 0 amide bonds. The van der Waals surface area contributed by atoms with Gasteiger partial charge < -0.3 is 4.90 Å². The normalized spacial score (nSPS) is 13.5. The average molecular weight is 563 g/mol. The van der Waals surface area contributed by atoms with Crippen molar-refractivity contribution < 1.29 is 0 Å². The second-order valence-electron chi connectivity index (χ2n) is 10.2. The Labute approximate surface area is 237 Å². The molecule has 0 saturated carbocycles. The van der Waals surface area contributed by atoms with Crippen molar-refractivity contribution in [1.82, 2.24) is 0 Å². The Bertz CT molecular complexity index is 1830. The van der Waals surface area contributed by atoms with Gasteiger partial charge in [-0.3, -0.25) is 0 Å². The van der Waals surface area contributed by atoms with E-state index in [9.17, 15) is 0 Å². The summed E-state index contributed by atoms with van der Waals surface area (Å²) in [6.07, 6.45) is 0. The molecule has 1 spiro atoms. The summed E-state index contributed by atoms with van der Waals surface area (Å²) < 4.78 is 1.07. The van der Waals surface area contributed by atoms with E-state index < -0.39 is 0 Å². The molecule has 0 unspecified atom stereocenters. The first-order valence-corrected chi connectivity index (χ1v) is 14.1. The number of rotatable bonds is 3. The molecule has 0 atom stereocenters. The monoisotopic (exact) mass is 561 g/mol. The highest BCUT2D eigenvalue weighted by atomic mass is 79.9. The van der Waals surface area contributed by atoms with Gasteiger partial charge in [-0.15, -0.1) is 0 Å². The topological polar surface area (TPSA) is 3.24 Å². The van der Waals surface area contributed by atoms with Crippen LogP contribution in [0.3, 0.4) is 0 Å². The Hall–Kier alpha value is -4.40. The molecule has 39 heavy (non-hydrogen) atoms. The lowest BCUT2D eigenvalue weighted by molar-refractivity contribution is 0.794. The molecule has 6 aromatic carbocycles. The van der Waals surface area contributed by atoms with Crippen LogP contribution in [0.1, 0.15) is 22.3 Å². The fraction of sp³-hybridized carbons (Fsp3) is 0.0270. The van der Waals surface area contributed by atoms with E-state index in [1.54, 1.807) is 0 Å². The first kappa shape index (κ1) is 22.6. The summed E-state index contributed by atoms with van der Waals surface area (Å²) in [5, 5.41) is 0. The van der Waals surface area contributed by atoms with Crippen molar-refractivity contribution in [3.8, 4) is 22.3 Å². The van der Waals surface area contributed by atoms with Crippen LogP contribution in [0, 0.1) is 0 Å². The Morgan fingerprint density at radius 3 is 1.54 bits per heavy atom. The van der Waals surface area contributed by atoms with Crippen molar-refractivity contribution in [2.24, 2.45) is 0 Å². The molecule has 184 valence electrons. The van der Waals surface area contributed by atoms with E-state index in [4.69, 9.17) is 0 Å². The van der Waals surface area contributed by atoms with Crippen LogP contribution in [-0.4, -0.2) is 0 Å². The lowest BCUT2D eigenvalue weighted by atomic mass is 9.70. The Balaban J connectivity index is 1.49. The van der Waals surface area contributed by atoms with E-state index in [1.165, 1.54) is 50.2 Å². The lowest BCUT2D eigenvalue weighted by Gasteiger charge is -2.31. The van der Waals surface area contributed by atoms with Crippen LogP contribution in [0.2, 0.25) is 0 Å². The quantitative estimate of drug-likeness (QED) is 0.207.